The zero-order valence-corrected chi connectivity index (χ0v) is 13.1. The predicted molar refractivity (Wildman–Crippen MR) is 79.8 cm³/mol. The Morgan fingerprint density at radius 2 is 1.95 bits per heavy atom. The Kier molecular flexibility index (Phi) is 6.42. The van der Waals surface area contributed by atoms with Crippen LogP contribution < -0.4 is 5.32 Å². The summed E-state index contributed by atoms with van der Waals surface area (Å²) in [5, 5.41) is 11.8. The van der Waals surface area contributed by atoms with E-state index in [1.807, 2.05) is 0 Å². The molecular formula is C15H24N2O4. The third-order valence-corrected chi connectivity index (χ3v) is 3.25. The third kappa shape index (κ3) is 4.90. The van der Waals surface area contributed by atoms with Crippen LogP contribution in [0.15, 0.2) is 0 Å². The number of carboxylic acids is 1. The predicted octanol–water partition coefficient (Wildman–Crippen LogP) is 2.12. The van der Waals surface area contributed by atoms with Gasteiger partial charge < -0.3 is 20.1 Å². The van der Waals surface area contributed by atoms with Gasteiger partial charge in [0.25, 0.3) is 5.91 Å². The Morgan fingerprint density at radius 3 is 2.48 bits per heavy atom. The van der Waals surface area contributed by atoms with Crippen molar-refractivity contribution in [1.82, 2.24) is 10.3 Å². The molecule has 1 aromatic heterocycles. The first kappa shape index (κ1) is 17.2. The normalized spacial score (nSPS) is 10.9. The zero-order chi connectivity index (χ0) is 16.0. The summed E-state index contributed by atoms with van der Waals surface area (Å²) in [5.74, 6) is -0.743. The summed E-state index contributed by atoms with van der Waals surface area (Å²) in [4.78, 5) is 25.8. The summed E-state index contributed by atoms with van der Waals surface area (Å²) in [5.41, 5.74) is 1.47. The molecule has 0 bridgehead atoms. The number of rotatable bonds is 8. The quantitative estimate of drug-likeness (QED) is 0.641. The van der Waals surface area contributed by atoms with E-state index in [4.69, 9.17) is 9.84 Å². The number of carbonyl (C=O) groups excluding carboxylic acids is 1. The zero-order valence-electron chi connectivity index (χ0n) is 13.1. The number of H-pyrrole nitrogens is 1. The van der Waals surface area contributed by atoms with Crippen LogP contribution in [-0.2, 0) is 4.74 Å². The van der Waals surface area contributed by atoms with E-state index in [0.717, 1.165) is 6.42 Å². The molecule has 0 unspecified atom stereocenters. The van der Waals surface area contributed by atoms with Crippen LogP contribution in [0, 0.1) is 19.8 Å². The molecule has 0 aliphatic heterocycles. The SMILES string of the molecule is Cc1[nH]c(C(=O)O)c(C)c1C(=O)NCCOCCC(C)C. The summed E-state index contributed by atoms with van der Waals surface area (Å²) in [6.45, 7) is 9.11. The minimum Gasteiger partial charge on any atom is -0.477 e. The Bertz CT molecular complexity index is 506. The highest BCUT2D eigenvalue weighted by molar-refractivity contribution is 6.00. The minimum atomic E-state index is -1.06. The van der Waals surface area contributed by atoms with E-state index in [0.29, 0.717) is 42.5 Å². The smallest absolute Gasteiger partial charge is 0.352 e. The number of aryl methyl sites for hydroxylation is 1. The van der Waals surface area contributed by atoms with Crippen molar-refractivity contribution < 1.29 is 19.4 Å². The fourth-order valence-electron chi connectivity index (χ4n) is 2.05. The molecule has 1 amide bonds. The first-order valence-electron chi connectivity index (χ1n) is 7.13. The van der Waals surface area contributed by atoms with Crippen LogP contribution in [-0.4, -0.2) is 41.7 Å². The van der Waals surface area contributed by atoms with E-state index >= 15 is 0 Å². The lowest BCUT2D eigenvalue weighted by atomic mass is 10.1. The number of aromatic nitrogens is 1. The Balaban J connectivity index is 2.48. The van der Waals surface area contributed by atoms with Crippen LogP contribution in [0.2, 0.25) is 0 Å². The standard InChI is InChI=1S/C15H24N2O4/c1-9(2)5-7-21-8-6-16-14(18)12-10(3)13(15(19)20)17-11(12)4/h9,17H,5-8H2,1-4H3,(H,16,18)(H,19,20). The van der Waals surface area contributed by atoms with E-state index < -0.39 is 5.97 Å². The first-order valence-corrected chi connectivity index (χ1v) is 7.13. The lowest BCUT2D eigenvalue weighted by Gasteiger charge is -2.08. The third-order valence-electron chi connectivity index (χ3n) is 3.25. The van der Waals surface area contributed by atoms with Gasteiger partial charge >= 0.3 is 5.97 Å². The molecule has 0 aliphatic rings. The van der Waals surface area contributed by atoms with Gasteiger partial charge in [0, 0.05) is 18.8 Å². The van der Waals surface area contributed by atoms with Gasteiger partial charge in [-0.2, -0.15) is 0 Å². The molecule has 0 spiro atoms. The number of carboxylic acid groups (broad SMARTS) is 1. The van der Waals surface area contributed by atoms with Crippen molar-refractivity contribution in [3.05, 3.63) is 22.5 Å². The van der Waals surface area contributed by atoms with E-state index in [1.165, 1.54) is 0 Å². The van der Waals surface area contributed by atoms with Crippen LogP contribution in [0.4, 0.5) is 0 Å². The van der Waals surface area contributed by atoms with E-state index in [1.54, 1.807) is 13.8 Å². The van der Waals surface area contributed by atoms with Gasteiger partial charge in [0.05, 0.1) is 12.2 Å². The second-order valence-corrected chi connectivity index (χ2v) is 5.48. The molecule has 0 fully saturated rings. The maximum absolute atomic E-state index is 12.1. The largest absolute Gasteiger partial charge is 0.477 e. The fraction of sp³-hybridized carbons (Fsp3) is 0.600. The van der Waals surface area contributed by atoms with Crippen molar-refractivity contribution >= 4 is 11.9 Å². The number of hydrogen-bond acceptors (Lipinski definition) is 3. The summed E-state index contributed by atoms with van der Waals surface area (Å²) < 4.78 is 5.42. The summed E-state index contributed by atoms with van der Waals surface area (Å²) >= 11 is 0. The second kappa shape index (κ2) is 7.83. The van der Waals surface area contributed by atoms with E-state index in [-0.39, 0.29) is 11.6 Å². The van der Waals surface area contributed by atoms with Crippen LogP contribution in [0.1, 0.15) is 52.4 Å². The lowest BCUT2D eigenvalue weighted by Crippen LogP contribution is -2.28. The maximum atomic E-state index is 12.1. The molecule has 1 rings (SSSR count). The maximum Gasteiger partial charge on any atom is 0.352 e. The van der Waals surface area contributed by atoms with E-state index in [9.17, 15) is 9.59 Å². The van der Waals surface area contributed by atoms with Crippen LogP contribution in [0.5, 0.6) is 0 Å². The van der Waals surface area contributed by atoms with Crippen molar-refractivity contribution in [1.29, 1.82) is 0 Å². The van der Waals surface area contributed by atoms with Gasteiger partial charge in [0.1, 0.15) is 5.69 Å². The van der Waals surface area contributed by atoms with Crippen molar-refractivity contribution in [2.24, 2.45) is 5.92 Å². The number of ether oxygens (including phenoxy) is 1. The number of hydrogen-bond donors (Lipinski definition) is 3. The molecule has 0 aliphatic carbocycles. The summed E-state index contributed by atoms with van der Waals surface area (Å²) in [7, 11) is 0. The van der Waals surface area contributed by atoms with Crippen LogP contribution >= 0.6 is 0 Å². The molecule has 0 aromatic carbocycles. The van der Waals surface area contributed by atoms with Gasteiger partial charge in [-0.3, -0.25) is 4.79 Å². The minimum absolute atomic E-state index is 0.0610. The van der Waals surface area contributed by atoms with Gasteiger partial charge in [0.15, 0.2) is 0 Å². The van der Waals surface area contributed by atoms with Gasteiger partial charge in [0.2, 0.25) is 0 Å². The van der Waals surface area contributed by atoms with Crippen molar-refractivity contribution in [3.8, 4) is 0 Å². The molecule has 0 radical (unpaired) electrons. The molecule has 0 saturated carbocycles. The average molecular weight is 296 g/mol. The number of carbonyl (C=O) groups is 2. The monoisotopic (exact) mass is 296 g/mol. The van der Waals surface area contributed by atoms with Crippen molar-refractivity contribution in [3.63, 3.8) is 0 Å². The van der Waals surface area contributed by atoms with Gasteiger partial charge in [-0.25, -0.2) is 4.79 Å². The molecule has 0 saturated heterocycles. The highest BCUT2D eigenvalue weighted by Gasteiger charge is 2.21. The van der Waals surface area contributed by atoms with Crippen LogP contribution in [0.3, 0.4) is 0 Å². The Morgan fingerprint density at radius 1 is 1.29 bits per heavy atom. The molecule has 6 heteroatoms. The average Bonchev–Trinajstić information content (AvgIpc) is 2.68. The van der Waals surface area contributed by atoms with Crippen molar-refractivity contribution in [2.45, 2.75) is 34.1 Å². The van der Waals surface area contributed by atoms with Crippen molar-refractivity contribution in [2.75, 3.05) is 19.8 Å². The molecule has 118 valence electrons. The molecule has 21 heavy (non-hydrogen) atoms. The highest BCUT2D eigenvalue weighted by Crippen LogP contribution is 2.17. The number of amides is 1. The summed E-state index contributed by atoms with van der Waals surface area (Å²) in [6, 6.07) is 0. The fourth-order valence-corrected chi connectivity index (χ4v) is 2.05. The number of aromatic amines is 1. The lowest BCUT2D eigenvalue weighted by molar-refractivity contribution is 0.0690. The molecular weight excluding hydrogens is 272 g/mol. The summed E-state index contributed by atoms with van der Waals surface area (Å²) in [6.07, 6.45) is 0.992. The molecule has 3 N–H and O–H groups in total. The second-order valence-electron chi connectivity index (χ2n) is 5.48. The topological polar surface area (TPSA) is 91.4 Å². The van der Waals surface area contributed by atoms with Crippen LogP contribution in [0.25, 0.3) is 0 Å². The molecule has 6 nitrogen and oxygen atoms in total. The first-order chi connectivity index (χ1) is 9.84. The van der Waals surface area contributed by atoms with E-state index in [2.05, 4.69) is 24.1 Å². The number of nitrogens with one attached hydrogen (secondary N) is 2. The van der Waals surface area contributed by atoms with Gasteiger partial charge in [-0.15, -0.1) is 0 Å². The molecule has 0 atom stereocenters. The molecule has 1 heterocycles. The van der Waals surface area contributed by atoms with Gasteiger partial charge in [-0.1, -0.05) is 13.8 Å². The number of aromatic carboxylic acids is 1. The Hall–Kier alpha value is -1.82. The Labute approximate surface area is 124 Å². The highest BCUT2D eigenvalue weighted by atomic mass is 16.5. The van der Waals surface area contributed by atoms with Gasteiger partial charge in [-0.05, 0) is 31.7 Å². The molecule has 1 aromatic rings.